The van der Waals surface area contributed by atoms with Crippen LogP contribution in [0.4, 0.5) is 5.69 Å². The smallest absolute Gasteiger partial charge is 0.243 e. The lowest BCUT2D eigenvalue weighted by Crippen LogP contribution is -2.43. The van der Waals surface area contributed by atoms with E-state index in [1.165, 1.54) is 13.0 Å². The molecule has 11 nitrogen and oxygen atoms in total. The summed E-state index contributed by atoms with van der Waals surface area (Å²) in [5.41, 5.74) is 5.65. The third-order valence-corrected chi connectivity index (χ3v) is 7.90. The quantitative estimate of drug-likeness (QED) is 0.278. The Bertz CT molecular complexity index is 1560. The van der Waals surface area contributed by atoms with Gasteiger partial charge in [-0.25, -0.2) is 0 Å². The zero-order valence-electron chi connectivity index (χ0n) is 26.1. The van der Waals surface area contributed by atoms with Crippen LogP contribution in [0, 0.1) is 19.8 Å². The van der Waals surface area contributed by atoms with E-state index in [4.69, 9.17) is 14.2 Å². The Morgan fingerprint density at radius 1 is 1.07 bits per heavy atom. The number of anilines is 1. The molecule has 230 valence electrons. The van der Waals surface area contributed by atoms with Gasteiger partial charge in [-0.05, 0) is 67.5 Å². The van der Waals surface area contributed by atoms with Gasteiger partial charge >= 0.3 is 0 Å². The van der Waals surface area contributed by atoms with Crippen LogP contribution in [-0.2, 0) is 22.6 Å². The summed E-state index contributed by atoms with van der Waals surface area (Å²) < 4.78 is 17.1. The maximum atomic E-state index is 13.7. The number of hydrogen-bond acceptors (Lipinski definition) is 8. The van der Waals surface area contributed by atoms with Crippen LogP contribution >= 0.6 is 0 Å². The number of amides is 2. The molecule has 0 radical (unpaired) electrons. The van der Waals surface area contributed by atoms with Crippen LogP contribution in [0.25, 0.3) is 11.1 Å². The van der Waals surface area contributed by atoms with Crippen molar-refractivity contribution in [3.8, 4) is 28.4 Å². The predicted octanol–water partition coefficient (Wildman–Crippen LogP) is 3.96. The van der Waals surface area contributed by atoms with Crippen LogP contribution in [0.1, 0.15) is 61.3 Å². The Morgan fingerprint density at radius 2 is 1.79 bits per heavy atom. The molecule has 11 heteroatoms. The number of benzene rings is 1. The minimum Gasteiger partial charge on any atom is -0.493 e. The second-order valence-electron chi connectivity index (χ2n) is 11.1. The molecule has 0 saturated carbocycles. The number of rotatable bonds is 10. The summed E-state index contributed by atoms with van der Waals surface area (Å²) >= 11 is 0. The summed E-state index contributed by atoms with van der Waals surface area (Å²) in [6.07, 6.45) is 1.15. The summed E-state index contributed by atoms with van der Waals surface area (Å²) in [6.45, 7) is 9.40. The molecular formula is C32H41N5O6. The van der Waals surface area contributed by atoms with Gasteiger partial charge in [0, 0.05) is 30.3 Å². The van der Waals surface area contributed by atoms with Gasteiger partial charge in [0.1, 0.15) is 6.04 Å². The van der Waals surface area contributed by atoms with E-state index < -0.39 is 12.1 Å². The van der Waals surface area contributed by atoms with E-state index >= 15 is 0 Å². The van der Waals surface area contributed by atoms with E-state index in [1.807, 2.05) is 39.8 Å². The van der Waals surface area contributed by atoms with Crippen LogP contribution in [0.15, 0.2) is 29.1 Å². The van der Waals surface area contributed by atoms with Gasteiger partial charge in [-0.1, -0.05) is 19.9 Å². The van der Waals surface area contributed by atoms with Gasteiger partial charge in [-0.2, -0.15) is 5.10 Å². The molecule has 3 aromatic rings. The topological polar surface area (TPSA) is 144 Å². The lowest BCUT2D eigenvalue weighted by atomic mass is 9.95. The molecule has 2 atom stereocenters. The van der Waals surface area contributed by atoms with Crippen molar-refractivity contribution in [1.82, 2.24) is 20.8 Å². The van der Waals surface area contributed by atoms with E-state index in [0.717, 1.165) is 28.1 Å². The Kier molecular flexibility index (Phi) is 9.63. The van der Waals surface area contributed by atoms with E-state index in [1.54, 1.807) is 27.4 Å². The van der Waals surface area contributed by atoms with Crippen LogP contribution in [0.3, 0.4) is 0 Å². The number of ether oxygens (including phenoxy) is 3. The maximum absolute atomic E-state index is 13.7. The number of aryl methyl sites for hydroxylation is 3. The number of nitrogens with zero attached hydrogens (tertiary/aromatic N) is 1. The number of carbonyl (C=O) groups is 2. The highest BCUT2D eigenvalue weighted by Gasteiger charge is 2.30. The molecule has 0 unspecified atom stereocenters. The fourth-order valence-corrected chi connectivity index (χ4v) is 5.65. The Labute approximate surface area is 251 Å². The van der Waals surface area contributed by atoms with Crippen molar-refractivity contribution in [2.75, 3.05) is 26.6 Å². The van der Waals surface area contributed by atoms with E-state index in [0.29, 0.717) is 47.8 Å². The molecule has 1 heterocycles. The van der Waals surface area contributed by atoms with E-state index in [9.17, 15) is 14.4 Å². The van der Waals surface area contributed by atoms with Crippen molar-refractivity contribution in [3.63, 3.8) is 0 Å². The lowest BCUT2D eigenvalue weighted by molar-refractivity contribution is -0.123. The van der Waals surface area contributed by atoms with E-state index in [-0.39, 0.29) is 28.8 Å². The molecule has 1 aliphatic carbocycles. The third-order valence-electron chi connectivity index (χ3n) is 7.90. The van der Waals surface area contributed by atoms with Gasteiger partial charge in [0.05, 0.1) is 38.8 Å². The summed E-state index contributed by atoms with van der Waals surface area (Å²) in [5, 5.41) is 16.3. The molecule has 2 amide bonds. The number of methoxy groups -OCH3 is 3. The minimum atomic E-state index is -0.681. The molecule has 0 fully saturated rings. The van der Waals surface area contributed by atoms with Gasteiger partial charge in [0.25, 0.3) is 0 Å². The van der Waals surface area contributed by atoms with Crippen molar-refractivity contribution in [2.24, 2.45) is 5.92 Å². The van der Waals surface area contributed by atoms with Crippen molar-refractivity contribution in [2.45, 2.75) is 66.1 Å². The predicted molar refractivity (Wildman–Crippen MR) is 165 cm³/mol. The van der Waals surface area contributed by atoms with Gasteiger partial charge in [0.2, 0.25) is 23.0 Å². The summed E-state index contributed by atoms with van der Waals surface area (Å²) in [5.74, 6) is 0.859. The molecule has 2 aromatic carbocycles. The Morgan fingerprint density at radius 3 is 2.37 bits per heavy atom. The minimum absolute atomic E-state index is 0.126. The van der Waals surface area contributed by atoms with Crippen LogP contribution < -0.4 is 35.6 Å². The number of H-pyrrole nitrogens is 1. The number of fused-ring (bicyclic) bond motifs is 3. The molecule has 1 aliphatic rings. The second kappa shape index (κ2) is 13.2. The zero-order chi connectivity index (χ0) is 31.4. The van der Waals surface area contributed by atoms with Gasteiger partial charge in [-0.15, -0.1) is 0 Å². The average Bonchev–Trinajstić information content (AvgIpc) is 3.11. The van der Waals surface area contributed by atoms with Crippen LogP contribution in [-0.4, -0.2) is 49.4 Å². The van der Waals surface area contributed by atoms with Crippen LogP contribution in [0.5, 0.6) is 17.2 Å². The Hall–Kier alpha value is -4.54. The second-order valence-corrected chi connectivity index (χ2v) is 11.1. The highest BCUT2D eigenvalue weighted by molar-refractivity contribution is 5.86. The molecule has 0 aliphatic heterocycles. The van der Waals surface area contributed by atoms with Crippen LogP contribution in [0.2, 0.25) is 0 Å². The first-order chi connectivity index (χ1) is 20.5. The monoisotopic (exact) mass is 591 g/mol. The van der Waals surface area contributed by atoms with Crippen molar-refractivity contribution >= 4 is 17.5 Å². The highest BCUT2D eigenvalue weighted by Crippen LogP contribution is 2.50. The normalized spacial score (nSPS) is 14.6. The van der Waals surface area contributed by atoms with Gasteiger partial charge < -0.3 is 30.2 Å². The molecule has 4 rings (SSSR count). The third kappa shape index (κ3) is 6.45. The first-order valence-corrected chi connectivity index (χ1v) is 14.3. The largest absolute Gasteiger partial charge is 0.493 e. The first-order valence-electron chi connectivity index (χ1n) is 14.3. The molecule has 1 aromatic heterocycles. The average molecular weight is 592 g/mol. The summed E-state index contributed by atoms with van der Waals surface area (Å²) in [6, 6.07) is 5.85. The molecule has 0 bridgehead atoms. The SMILES string of the molecule is COc1cc2c(c(OC)c1OC)-c1ccc(N[C@H](C(=O)NCc3c(C)n[nH]c3C)C(C)C)c(=O)cc1[C@@H](NC(C)=O)CC2. The van der Waals surface area contributed by atoms with Gasteiger partial charge in [0.15, 0.2) is 11.5 Å². The number of nitrogens with one attached hydrogen (secondary N) is 4. The van der Waals surface area contributed by atoms with Crippen molar-refractivity contribution in [1.29, 1.82) is 0 Å². The number of carbonyl (C=O) groups excluding carboxylic acids is 2. The highest BCUT2D eigenvalue weighted by atomic mass is 16.5. The lowest BCUT2D eigenvalue weighted by Gasteiger charge is -2.22. The zero-order valence-corrected chi connectivity index (χ0v) is 26.1. The maximum Gasteiger partial charge on any atom is 0.243 e. The molecule has 0 spiro atoms. The fraction of sp³-hybridized carbons (Fsp3) is 0.438. The summed E-state index contributed by atoms with van der Waals surface area (Å²) in [7, 11) is 4.66. The van der Waals surface area contributed by atoms with Crippen molar-refractivity contribution < 1.29 is 23.8 Å². The molecular weight excluding hydrogens is 550 g/mol. The number of aromatic nitrogens is 2. The molecule has 43 heavy (non-hydrogen) atoms. The first kappa shape index (κ1) is 31.4. The standard InChI is InChI=1S/C32H41N5O6/c1-16(2)29(32(40)33-15-23-17(3)36-37-18(23)4)35-25-12-10-21-22(14-26(25)39)24(34-19(5)38)11-9-20-13-27(41-6)30(42-7)31(43-8)28(20)21/h10,12-14,16,24,29H,9,11,15H2,1-8H3,(H,33,40)(H,34,38)(H,35,39)(H,36,37)/t24-,29-/m0/s1. The summed E-state index contributed by atoms with van der Waals surface area (Å²) in [4.78, 5) is 39.3. The van der Waals surface area contributed by atoms with E-state index in [2.05, 4.69) is 26.1 Å². The number of hydrogen-bond donors (Lipinski definition) is 4. The number of aromatic amines is 1. The molecule has 0 saturated heterocycles. The molecule has 4 N–H and O–H groups in total. The van der Waals surface area contributed by atoms with Crippen molar-refractivity contribution in [3.05, 3.63) is 62.6 Å². The Balaban J connectivity index is 1.80. The fourth-order valence-electron chi connectivity index (χ4n) is 5.65. The van der Waals surface area contributed by atoms with Gasteiger partial charge in [-0.3, -0.25) is 19.5 Å².